The number of anilines is 2. The van der Waals surface area contributed by atoms with E-state index in [-0.39, 0.29) is 22.9 Å². The minimum atomic E-state index is -0.676. The summed E-state index contributed by atoms with van der Waals surface area (Å²) in [7, 11) is 0. The number of nitrogens with one attached hydrogen (secondary N) is 3. The number of nitro benzene ring substituents is 1. The fourth-order valence-corrected chi connectivity index (χ4v) is 6.23. The molecular weight excluding hydrogens is 649 g/mol. The Balaban J connectivity index is 1.21. The molecule has 1 unspecified atom stereocenters. The number of fused-ring (bicyclic) bond motifs is 1. The van der Waals surface area contributed by atoms with Crippen molar-refractivity contribution >= 4 is 63.4 Å². The Hall–Kier alpha value is -6.52. The molecule has 0 radical (unpaired) electrons. The van der Waals surface area contributed by atoms with Gasteiger partial charge in [-0.25, -0.2) is 0 Å². The topological polar surface area (TPSA) is 130 Å². The van der Waals surface area contributed by atoms with Crippen LogP contribution >= 0.6 is 11.8 Å². The molecule has 0 aromatic heterocycles. The van der Waals surface area contributed by atoms with E-state index < -0.39 is 22.0 Å². The van der Waals surface area contributed by atoms with E-state index in [1.165, 1.54) is 36.0 Å². The van der Waals surface area contributed by atoms with Crippen molar-refractivity contribution in [1.29, 1.82) is 0 Å². The lowest BCUT2D eigenvalue weighted by molar-refractivity contribution is -0.385. The fourth-order valence-electron chi connectivity index (χ4n) is 5.20. The Morgan fingerprint density at radius 2 is 1.28 bits per heavy atom. The summed E-state index contributed by atoms with van der Waals surface area (Å²) in [5.41, 5.74) is 2.00. The average Bonchev–Trinajstić information content (AvgIpc) is 3.15. The number of rotatable bonds is 11. The van der Waals surface area contributed by atoms with Crippen LogP contribution in [0.1, 0.15) is 26.7 Å². The number of hydrogen-bond donors (Lipinski definition) is 3. The van der Waals surface area contributed by atoms with Crippen molar-refractivity contribution in [2.75, 3.05) is 10.6 Å². The van der Waals surface area contributed by atoms with Crippen LogP contribution in [0.15, 0.2) is 162 Å². The number of nitrogens with zero attached hydrogens (tertiary/aromatic N) is 1. The van der Waals surface area contributed by atoms with E-state index in [0.29, 0.717) is 16.9 Å². The highest BCUT2D eigenvalue weighted by Gasteiger charge is 2.23. The van der Waals surface area contributed by atoms with Crippen molar-refractivity contribution in [2.45, 2.75) is 10.1 Å². The minimum Gasteiger partial charge on any atom is -0.325 e. The van der Waals surface area contributed by atoms with Crippen molar-refractivity contribution < 1.29 is 19.3 Å². The second-order valence-electron chi connectivity index (χ2n) is 11.1. The van der Waals surface area contributed by atoms with Crippen LogP contribution in [0.2, 0.25) is 0 Å². The SMILES string of the molecule is O=C(Nc1ccc(SC(C(=O)Nc2ccc3ccccc3c2)c2ccccc2)cc1)/C(=C/c1ccccc1[N+](=O)[O-])NC(=O)c1ccccc1. The minimum absolute atomic E-state index is 0.150. The van der Waals surface area contributed by atoms with E-state index in [1.807, 2.05) is 72.8 Å². The summed E-state index contributed by atoms with van der Waals surface area (Å²) in [6.45, 7) is 0. The highest BCUT2D eigenvalue weighted by Crippen LogP contribution is 2.37. The molecule has 3 amide bonds. The summed E-state index contributed by atoms with van der Waals surface area (Å²) in [5, 5.41) is 21.6. The first-order valence-corrected chi connectivity index (χ1v) is 16.5. The summed E-state index contributed by atoms with van der Waals surface area (Å²) in [5.74, 6) is -1.41. The van der Waals surface area contributed by atoms with Crippen molar-refractivity contribution in [1.82, 2.24) is 5.32 Å². The summed E-state index contributed by atoms with van der Waals surface area (Å²) >= 11 is 1.36. The molecule has 6 rings (SSSR count). The standard InChI is InChI=1S/C40H30N4O5S/c45-38(29-14-5-2-6-15-29)43-35(26-31-17-9-10-18-36(31)44(48)49)39(46)41-32-21-23-34(24-22-32)50-37(28-12-3-1-4-13-28)40(47)42-33-20-19-27-11-7-8-16-30(27)25-33/h1-26,37H,(H,41,46)(H,42,47)(H,43,45)/b35-26-. The predicted octanol–water partition coefficient (Wildman–Crippen LogP) is 8.63. The summed E-state index contributed by atoms with van der Waals surface area (Å²) < 4.78 is 0. The second kappa shape index (κ2) is 15.6. The first-order chi connectivity index (χ1) is 24.3. The molecule has 246 valence electrons. The van der Waals surface area contributed by atoms with Crippen LogP contribution in [0.25, 0.3) is 16.8 Å². The van der Waals surface area contributed by atoms with Gasteiger partial charge in [0.2, 0.25) is 5.91 Å². The molecule has 0 fully saturated rings. The van der Waals surface area contributed by atoms with Gasteiger partial charge in [-0.2, -0.15) is 0 Å². The van der Waals surface area contributed by atoms with Gasteiger partial charge in [0, 0.05) is 27.9 Å². The first kappa shape index (κ1) is 33.4. The van der Waals surface area contributed by atoms with Gasteiger partial charge < -0.3 is 16.0 Å². The molecule has 1 atom stereocenters. The number of amides is 3. The van der Waals surface area contributed by atoms with Gasteiger partial charge in [-0.3, -0.25) is 24.5 Å². The van der Waals surface area contributed by atoms with E-state index in [2.05, 4.69) is 16.0 Å². The lowest BCUT2D eigenvalue weighted by Gasteiger charge is -2.18. The normalized spacial score (nSPS) is 11.7. The molecule has 6 aromatic rings. The van der Waals surface area contributed by atoms with Gasteiger partial charge in [-0.1, -0.05) is 91.0 Å². The molecule has 0 aliphatic carbocycles. The number of carbonyl (C=O) groups is 3. The van der Waals surface area contributed by atoms with Crippen molar-refractivity contribution in [3.05, 3.63) is 184 Å². The van der Waals surface area contributed by atoms with E-state index in [4.69, 9.17) is 0 Å². The molecular formula is C40H30N4O5S. The lowest BCUT2D eigenvalue weighted by Crippen LogP contribution is -2.30. The summed E-state index contributed by atoms with van der Waals surface area (Å²) in [4.78, 5) is 52.1. The highest BCUT2D eigenvalue weighted by atomic mass is 32.2. The number of nitro groups is 1. The van der Waals surface area contributed by atoms with Crippen LogP contribution in [0, 0.1) is 10.1 Å². The highest BCUT2D eigenvalue weighted by molar-refractivity contribution is 8.00. The Kier molecular flexibility index (Phi) is 10.4. The zero-order valence-corrected chi connectivity index (χ0v) is 27.3. The lowest BCUT2D eigenvalue weighted by atomic mass is 10.1. The Labute approximate surface area is 292 Å². The smallest absolute Gasteiger partial charge is 0.276 e. The summed E-state index contributed by atoms with van der Waals surface area (Å²) in [6.07, 6.45) is 1.27. The number of para-hydroxylation sites is 1. The van der Waals surface area contributed by atoms with Gasteiger partial charge in [0.05, 0.1) is 10.5 Å². The molecule has 50 heavy (non-hydrogen) atoms. The predicted molar refractivity (Wildman–Crippen MR) is 198 cm³/mol. The number of thioether (sulfide) groups is 1. The molecule has 0 saturated heterocycles. The summed E-state index contributed by atoms with van der Waals surface area (Å²) in [6, 6.07) is 44.4. The molecule has 0 aliphatic heterocycles. The first-order valence-electron chi connectivity index (χ1n) is 15.6. The van der Waals surface area contributed by atoms with Crippen LogP contribution < -0.4 is 16.0 Å². The molecule has 10 heteroatoms. The quantitative estimate of drug-likeness (QED) is 0.0544. The van der Waals surface area contributed by atoms with E-state index in [1.54, 1.807) is 60.7 Å². The van der Waals surface area contributed by atoms with E-state index in [0.717, 1.165) is 21.2 Å². The van der Waals surface area contributed by atoms with Gasteiger partial charge in [-0.15, -0.1) is 11.8 Å². The van der Waals surface area contributed by atoms with Crippen LogP contribution in [-0.4, -0.2) is 22.6 Å². The number of carbonyl (C=O) groups excluding carboxylic acids is 3. The molecule has 6 aromatic carbocycles. The van der Waals surface area contributed by atoms with Gasteiger partial charge in [0.1, 0.15) is 10.9 Å². The van der Waals surface area contributed by atoms with Gasteiger partial charge >= 0.3 is 0 Å². The van der Waals surface area contributed by atoms with Gasteiger partial charge in [-0.05, 0) is 77.0 Å². The maximum atomic E-state index is 13.7. The zero-order valence-electron chi connectivity index (χ0n) is 26.5. The third-order valence-corrected chi connectivity index (χ3v) is 8.95. The maximum absolute atomic E-state index is 13.7. The van der Waals surface area contributed by atoms with Crippen molar-refractivity contribution in [2.24, 2.45) is 0 Å². The zero-order chi connectivity index (χ0) is 34.9. The largest absolute Gasteiger partial charge is 0.325 e. The third kappa shape index (κ3) is 8.30. The maximum Gasteiger partial charge on any atom is 0.276 e. The number of benzene rings is 6. The molecule has 3 N–H and O–H groups in total. The molecule has 9 nitrogen and oxygen atoms in total. The van der Waals surface area contributed by atoms with Crippen LogP contribution in [-0.2, 0) is 9.59 Å². The molecule has 0 aliphatic rings. The molecule has 0 heterocycles. The molecule has 0 saturated carbocycles. The Morgan fingerprint density at radius 1 is 0.660 bits per heavy atom. The van der Waals surface area contributed by atoms with Crippen LogP contribution in [0.4, 0.5) is 17.1 Å². The van der Waals surface area contributed by atoms with E-state index >= 15 is 0 Å². The Bertz CT molecular complexity index is 2210. The Morgan fingerprint density at radius 3 is 2.00 bits per heavy atom. The van der Waals surface area contributed by atoms with E-state index in [9.17, 15) is 24.5 Å². The third-order valence-electron chi connectivity index (χ3n) is 7.69. The van der Waals surface area contributed by atoms with Crippen molar-refractivity contribution in [3.63, 3.8) is 0 Å². The fraction of sp³-hybridized carbons (Fsp3) is 0.0250. The average molecular weight is 679 g/mol. The van der Waals surface area contributed by atoms with Gasteiger partial charge in [0.25, 0.3) is 17.5 Å². The molecule has 0 bridgehead atoms. The molecule has 0 spiro atoms. The van der Waals surface area contributed by atoms with Crippen LogP contribution in [0.5, 0.6) is 0 Å². The van der Waals surface area contributed by atoms with Crippen molar-refractivity contribution in [3.8, 4) is 0 Å². The van der Waals surface area contributed by atoms with Gasteiger partial charge in [0.15, 0.2) is 0 Å². The second-order valence-corrected chi connectivity index (χ2v) is 12.3. The monoisotopic (exact) mass is 678 g/mol. The van der Waals surface area contributed by atoms with Crippen LogP contribution in [0.3, 0.4) is 0 Å². The number of hydrogen-bond acceptors (Lipinski definition) is 6.